The summed E-state index contributed by atoms with van der Waals surface area (Å²) in [5.74, 6) is 0.735. The molecule has 0 amide bonds. The van der Waals surface area contributed by atoms with Gasteiger partial charge in [0.1, 0.15) is 18.1 Å². The molecule has 0 radical (unpaired) electrons. The van der Waals surface area contributed by atoms with Crippen LogP contribution >= 0.6 is 11.6 Å². The van der Waals surface area contributed by atoms with Gasteiger partial charge in [-0.05, 0) is 24.6 Å². The summed E-state index contributed by atoms with van der Waals surface area (Å²) >= 11 is 5.98. The Hall–Kier alpha value is -1.84. The number of ether oxygens (including phenoxy) is 2. The highest BCUT2D eigenvalue weighted by Crippen LogP contribution is 2.24. The van der Waals surface area contributed by atoms with E-state index in [1.165, 1.54) is 0 Å². The molecule has 0 aliphatic heterocycles. The SMILES string of the molecule is CC(=O)Cc1ccc(Cl)cc1OCCOCc1ccccc1. The minimum Gasteiger partial charge on any atom is -0.491 e. The van der Waals surface area contributed by atoms with Gasteiger partial charge in [0.25, 0.3) is 0 Å². The molecule has 0 fully saturated rings. The third-order valence-electron chi connectivity index (χ3n) is 3.07. The smallest absolute Gasteiger partial charge is 0.134 e. The average Bonchev–Trinajstić information content (AvgIpc) is 2.50. The molecule has 0 atom stereocenters. The summed E-state index contributed by atoms with van der Waals surface area (Å²) in [6.07, 6.45) is 0.345. The van der Waals surface area contributed by atoms with E-state index in [-0.39, 0.29) is 5.78 Å². The van der Waals surface area contributed by atoms with Crippen molar-refractivity contribution in [3.63, 3.8) is 0 Å². The lowest BCUT2D eigenvalue weighted by Crippen LogP contribution is -2.09. The maximum atomic E-state index is 11.3. The van der Waals surface area contributed by atoms with Gasteiger partial charge in [0.15, 0.2) is 0 Å². The molecule has 0 saturated carbocycles. The number of Topliss-reactive ketones (excluding diaryl/α,β-unsaturated/α-hetero) is 1. The molecule has 0 aliphatic rings. The van der Waals surface area contributed by atoms with Crippen LogP contribution in [0.1, 0.15) is 18.1 Å². The fourth-order valence-electron chi connectivity index (χ4n) is 2.05. The summed E-state index contributed by atoms with van der Waals surface area (Å²) in [5, 5.41) is 0.590. The molecule has 2 aromatic carbocycles. The molecular formula is C18H19ClO3. The Bertz CT molecular complexity index is 611. The van der Waals surface area contributed by atoms with Crippen LogP contribution in [-0.2, 0) is 22.6 Å². The average molecular weight is 319 g/mol. The normalized spacial score (nSPS) is 10.5. The minimum absolute atomic E-state index is 0.0903. The van der Waals surface area contributed by atoms with Crippen molar-refractivity contribution in [2.75, 3.05) is 13.2 Å². The summed E-state index contributed by atoms with van der Waals surface area (Å²) in [5.41, 5.74) is 1.97. The fraction of sp³-hybridized carbons (Fsp3) is 0.278. The number of benzene rings is 2. The van der Waals surface area contributed by atoms with Crippen molar-refractivity contribution in [3.8, 4) is 5.75 Å². The van der Waals surface area contributed by atoms with E-state index in [1.807, 2.05) is 36.4 Å². The molecule has 0 aliphatic carbocycles. The topological polar surface area (TPSA) is 35.5 Å². The Kier molecular flexibility index (Phi) is 6.44. The number of carbonyl (C=O) groups excluding carboxylic acids is 1. The van der Waals surface area contributed by atoms with Crippen LogP contribution in [0.15, 0.2) is 48.5 Å². The van der Waals surface area contributed by atoms with Gasteiger partial charge in [-0.2, -0.15) is 0 Å². The molecule has 116 valence electrons. The first-order valence-electron chi connectivity index (χ1n) is 7.17. The number of rotatable bonds is 8. The maximum absolute atomic E-state index is 11.3. The molecule has 4 heteroatoms. The minimum atomic E-state index is 0.0903. The molecule has 0 unspecified atom stereocenters. The molecule has 0 spiro atoms. The first-order chi connectivity index (χ1) is 10.6. The zero-order valence-electron chi connectivity index (χ0n) is 12.5. The van der Waals surface area contributed by atoms with Gasteiger partial charge in [-0.25, -0.2) is 0 Å². The summed E-state index contributed by atoms with van der Waals surface area (Å²) < 4.78 is 11.3. The van der Waals surface area contributed by atoms with Crippen LogP contribution in [0.4, 0.5) is 0 Å². The number of hydrogen-bond acceptors (Lipinski definition) is 3. The van der Waals surface area contributed by atoms with E-state index in [0.717, 1.165) is 11.1 Å². The maximum Gasteiger partial charge on any atom is 0.134 e. The number of hydrogen-bond donors (Lipinski definition) is 0. The Morgan fingerprint density at radius 3 is 2.59 bits per heavy atom. The second kappa shape index (κ2) is 8.57. The molecule has 22 heavy (non-hydrogen) atoms. The van der Waals surface area contributed by atoms with E-state index in [0.29, 0.717) is 37.0 Å². The predicted octanol–water partition coefficient (Wildman–Crippen LogP) is 4.07. The lowest BCUT2D eigenvalue weighted by Gasteiger charge is -2.11. The lowest BCUT2D eigenvalue weighted by molar-refractivity contribution is -0.116. The van der Waals surface area contributed by atoms with Gasteiger partial charge in [-0.15, -0.1) is 0 Å². The van der Waals surface area contributed by atoms with E-state index in [4.69, 9.17) is 21.1 Å². The van der Waals surface area contributed by atoms with Crippen LogP contribution < -0.4 is 4.74 Å². The zero-order chi connectivity index (χ0) is 15.8. The van der Waals surface area contributed by atoms with Crippen LogP contribution in [0, 0.1) is 0 Å². The van der Waals surface area contributed by atoms with E-state index in [9.17, 15) is 4.79 Å². The van der Waals surface area contributed by atoms with Crippen LogP contribution in [0.5, 0.6) is 5.75 Å². The van der Waals surface area contributed by atoms with Gasteiger partial charge >= 0.3 is 0 Å². The molecule has 0 N–H and O–H groups in total. The first-order valence-corrected chi connectivity index (χ1v) is 7.55. The van der Waals surface area contributed by atoms with Crippen molar-refractivity contribution in [2.24, 2.45) is 0 Å². The Labute approximate surface area is 135 Å². The first kappa shape index (κ1) is 16.5. The zero-order valence-corrected chi connectivity index (χ0v) is 13.3. The van der Waals surface area contributed by atoms with Crippen molar-refractivity contribution in [1.82, 2.24) is 0 Å². The highest BCUT2D eigenvalue weighted by molar-refractivity contribution is 6.30. The van der Waals surface area contributed by atoms with Crippen molar-refractivity contribution in [2.45, 2.75) is 20.0 Å². The third-order valence-corrected chi connectivity index (χ3v) is 3.30. The summed E-state index contributed by atoms with van der Waals surface area (Å²) in [6.45, 7) is 3.00. The van der Waals surface area contributed by atoms with Gasteiger partial charge in [0.2, 0.25) is 0 Å². The van der Waals surface area contributed by atoms with Crippen LogP contribution in [0.3, 0.4) is 0 Å². The quantitative estimate of drug-likeness (QED) is 0.688. The van der Waals surface area contributed by atoms with Gasteiger partial charge in [-0.3, -0.25) is 4.79 Å². The monoisotopic (exact) mass is 318 g/mol. The molecule has 2 aromatic rings. The predicted molar refractivity (Wildman–Crippen MR) is 87.4 cm³/mol. The van der Waals surface area contributed by atoms with Crippen LogP contribution in [0.2, 0.25) is 5.02 Å². The molecule has 0 bridgehead atoms. The number of halogens is 1. The second-order valence-corrected chi connectivity index (χ2v) is 5.45. The summed E-state index contributed by atoms with van der Waals surface area (Å²) in [4.78, 5) is 11.3. The fourth-order valence-corrected chi connectivity index (χ4v) is 2.21. The Morgan fingerprint density at radius 2 is 1.86 bits per heavy atom. The molecule has 0 heterocycles. The van der Waals surface area contributed by atoms with Gasteiger partial charge in [0.05, 0.1) is 13.2 Å². The van der Waals surface area contributed by atoms with E-state index in [2.05, 4.69) is 0 Å². The van der Waals surface area contributed by atoms with Crippen LogP contribution in [-0.4, -0.2) is 19.0 Å². The largest absolute Gasteiger partial charge is 0.491 e. The van der Waals surface area contributed by atoms with Crippen LogP contribution in [0.25, 0.3) is 0 Å². The van der Waals surface area contributed by atoms with E-state index >= 15 is 0 Å². The standard InChI is InChI=1S/C18H19ClO3/c1-14(20)11-16-7-8-17(19)12-18(16)22-10-9-21-13-15-5-3-2-4-6-15/h2-8,12H,9-11,13H2,1H3. The van der Waals surface area contributed by atoms with Gasteiger partial charge in [0, 0.05) is 17.0 Å². The molecular weight excluding hydrogens is 300 g/mol. The van der Waals surface area contributed by atoms with Gasteiger partial charge < -0.3 is 9.47 Å². The number of ketones is 1. The Morgan fingerprint density at radius 1 is 1.09 bits per heavy atom. The van der Waals surface area contributed by atoms with E-state index < -0.39 is 0 Å². The third kappa shape index (κ3) is 5.51. The molecule has 3 nitrogen and oxygen atoms in total. The summed E-state index contributed by atoms with van der Waals surface area (Å²) in [6, 6.07) is 15.3. The van der Waals surface area contributed by atoms with E-state index in [1.54, 1.807) is 19.1 Å². The number of carbonyl (C=O) groups is 1. The van der Waals surface area contributed by atoms with Crippen molar-refractivity contribution in [1.29, 1.82) is 0 Å². The van der Waals surface area contributed by atoms with Crippen molar-refractivity contribution in [3.05, 3.63) is 64.7 Å². The lowest BCUT2D eigenvalue weighted by atomic mass is 10.1. The molecule has 0 aromatic heterocycles. The second-order valence-electron chi connectivity index (χ2n) is 5.02. The molecule has 0 saturated heterocycles. The van der Waals surface area contributed by atoms with Gasteiger partial charge in [-0.1, -0.05) is 48.0 Å². The van der Waals surface area contributed by atoms with Crippen molar-refractivity contribution >= 4 is 17.4 Å². The highest BCUT2D eigenvalue weighted by atomic mass is 35.5. The molecule has 2 rings (SSSR count). The Balaban J connectivity index is 1.81. The summed E-state index contributed by atoms with van der Waals surface area (Å²) in [7, 11) is 0. The highest BCUT2D eigenvalue weighted by Gasteiger charge is 2.07. The van der Waals surface area contributed by atoms with Crippen molar-refractivity contribution < 1.29 is 14.3 Å².